The van der Waals surface area contributed by atoms with E-state index in [9.17, 15) is 0 Å². The van der Waals surface area contributed by atoms with Crippen molar-refractivity contribution in [3.05, 3.63) is 12.7 Å². The minimum Gasteiger partial charge on any atom is -0.379 e. The van der Waals surface area contributed by atoms with Crippen LogP contribution in [0.1, 0.15) is 40.0 Å². The van der Waals surface area contributed by atoms with E-state index in [0.29, 0.717) is 0 Å². The van der Waals surface area contributed by atoms with Gasteiger partial charge in [0.1, 0.15) is 0 Å². The van der Waals surface area contributed by atoms with Gasteiger partial charge in [-0.25, -0.2) is 0 Å². The Kier molecular flexibility index (Phi) is 6.05. The van der Waals surface area contributed by atoms with E-state index in [2.05, 4.69) is 27.4 Å². The van der Waals surface area contributed by atoms with Crippen molar-refractivity contribution in [1.82, 2.24) is 0 Å². The molecule has 0 aromatic rings. The van der Waals surface area contributed by atoms with Crippen LogP contribution >= 0.6 is 0 Å². The predicted molar refractivity (Wildman–Crippen MR) is 62.3 cm³/mol. The number of rotatable bonds is 6. The smallest absolute Gasteiger partial charge is 0.0770 e. The first-order valence-electron chi connectivity index (χ1n) is 5.32. The zero-order chi connectivity index (χ0) is 11.2. The highest BCUT2D eigenvalue weighted by Crippen LogP contribution is 2.25. The van der Waals surface area contributed by atoms with E-state index in [4.69, 9.17) is 10.5 Å². The van der Waals surface area contributed by atoms with Crippen LogP contribution in [0.4, 0.5) is 0 Å². The average Bonchev–Trinajstić information content (AvgIpc) is 2.03. The molecule has 0 saturated carbocycles. The molecule has 0 heterocycles. The fraction of sp³-hybridized carbons (Fsp3) is 0.833. The summed E-state index contributed by atoms with van der Waals surface area (Å²) in [6.07, 6.45) is 5.20. The summed E-state index contributed by atoms with van der Waals surface area (Å²) in [4.78, 5) is 0. The Morgan fingerprint density at radius 1 is 1.43 bits per heavy atom. The number of ether oxygens (including phenoxy) is 1. The standard InChI is InChI=1S/C12H25NO/c1-6-7-8-9-10(13)11(14-5)12(2,3)4/h6,10-11H,1,7-9,13H2,2-5H3. The van der Waals surface area contributed by atoms with Crippen molar-refractivity contribution in [2.75, 3.05) is 7.11 Å². The van der Waals surface area contributed by atoms with Gasteiger partial charge in [0.25, 0.3) is 0 Å². The maximum Gasteiger partial charge on any atom is 0.0770 e. The zero-order valence-electron chi connectivity index (χ0n) is 10.0. The summed E-state index contributed by atoms with van der Waals surface area (Å²) in [7, 11) is 1.74. The van der Waals surface area contributed by atoms with E-state index in [1.54, 1.807) is 7.11 Å². The lowest BCUT2D eigenvalue weighted by Crippen LogP contribution is -2.44. The molecule has 0 aliphatic carbocycles. The van der Waals surface area contributed by atoms with Gasteiger partial charge in [-0.05, 0) is 24.7 Å². The van der Waals surface area contributed by atoms with Crippen LogP contribution in [0.2, 0.25) is 0 Å². The van der Waals surface area contributed by atoms with Gasteiger partial charge in [0.15, 0.2) is 0 Å². The number of unbranched alkanes of at least 4 members (excludes halogenated alkanes) is 1. The van der Waals surface area contributed by atoms with Crippen LogP contribution < -0.4 is 5.73 Å². The highest BCUT2D eigenvalue weighted by atomic mass is 16.5. The lowest BCUT2D eigenvalue weighted by molar-refractivity contribution is -0.00389. The Morgan fingerprint density at radius 3 is 2.36 bits per heavy atom. The minimum atomic E-state index is 0.113. The van der Waals surface area contributed by atoms with Gasteiger partial charge in [0.2, 0.25) is 0 Å². The predicted octanol–water partition coefficient (Wildman–Crippen LogP) is 2.73. The van der Waals surface area contributed by atoms with Crippen LogP contribution in [0, 0.1) is 5.41 Å². The van der Waals surface area contributed by atoms with Gasteiger partial charge in [0, 0.05) is 13.2 Å². The Balaban J connectivity index is 4.04. The molecule has 0 aliphatic heterocycles. The fourth-order valence-electron chi connectivity index (χ4n) is 1.82. The average molecular weight is 199 g/mol. The van der Waals surface area contributed by atoms with Crippen LogP contribution in [0.25, 0.3) is 0 Å². The molecule has 0 rings (SSSR count). The van der Waals surface area contributed by atoms with Crippen LogP contribution in [0.5, 0.6) is 0 Å². The fourth-order valence-corrected chi connectivity index (χ4v) is 1.82. The number of hydrogen-bond acceptors (Lipinski definition) is 2. The van der Waals surface area contributed by atoms with E-state index >= 15 is 0 Å². The molecule has 0 spiro atoms. The summed E-state index contributed by atoms with van der Waals surface area (Å²) >= 11 is 0. The highest BCUT2D eigenvalue weighted by Gasteiger charge is 2.29. The third kappa shape index (κ3) is 4.77. The number of nitrogens with two attached hydrogens (primary N) is 1. The van der Waals surface area contributed by atoms with Crippen molar-refractivity contribution in [2.24, 2.45) is 11.1 Å². The summed E-state index contributed by atoms with van der Waals surface area (Å²) < 4.78 is 5.46. The third-order valence-corrected chi connectivity index (χ3v) is 2.44. The highest BCUT2D eigenvalue weighted by molar-refractivity contribution is 4.84. The summed E-state index contributed by atoms with van der Waals surface area (Å²) in [6, 6.07) is 0.125. The van der Waals surface area contributed by atoms with Crippen molar-refractivity contribution in [3.63, 3.8) is 0 Å². The summed E-state index contributed by atoms with van der Waals surface area (Å²) in [5.74, 6) is 0. The van der Waals surface area contributed by atoms with Gasteiger partial charge in [-0.1, -0.05) is 26.8 Å². The molecule has 0 fully saturated rings. The molecule has 0 aromatic carbocycles. The molecule has 2 heteroatoms. The molecule has 0 aliphatic rings. The molecule has 0 bridgehead atoms. The number of methoxy groups -OCH3 is 1. The quantitative estimate of drug-likeness (QED) is 0.527. The second kappa shape index (κ2) is 6.20. The molecule has 2 N–H and O–H groups in total. The molecule has 0 aromatic heterocycles. The lowest BCUT2D eigenvalue weighted by Gasteiger charge is -2.34. The van der Waals surface area contributed by atoms with Gasteiger partial charge < -0.3 is 10.5 Å². The Bertz CT molecular complexity index is 160. The summed E-state index contributed by atoms with van der Waals surface area (Å²) in [5, 5.41) is 0. The van der Waals surface area contributed by atoms with Crippen molar-refractivity contribution >= 4 is 0 Å². The number of hydrogen-bond donors (Lipinski definition) is 1. The first-order valence-corrected chi connectivity index (χ1v) is 5.32. The van der Waals surface area contributed by atoms with Crippen molar-refractivity contribution < 1.29 is 4.74 Å². The second-order valence-corrected chi connectivity index (χ2v) is 4.91. The molecule has 84 valence electrons. The summed E-state index contributed by atoms with van der Waals surface area (Å²) in [6.45, 7) is 10.2. The molecule has 14 heavy (non-hydrogen) atoms. The largest absolute Gasteiger partial charge is 0.379 e. The molecule has 2 atom stereocenters. The van der Waals surface area contributed by atoms with Gasteiger partial charge in [-0.2, -0.15) is 0 Å². The molecule has 0 amide bonds. The number of allylic oxidation sites excluding steroid dienone is 1. The van der Waals surface area contributed by atoms with Gasteiger partial charge >= 0.3 is 0 Å². The molecular formula is C12H25NO. The Morgan fingerprint density at radius 2 is 2.00 bits per heavy atom. The SMILES string of the molecule is C=CCCCC(N)C(OC)C(C)(C)C. The molecule has 2 nitrogen and oxygen atoms in total. The van der Waals surface area contributed by atoms with Crippen LogP contribution in [0.3, 0.4) is 0 Å². The first kappa shape index (κ1) is 13.7. The van der Waals surface area contributed by atoms with Gasteiger partial charge in [0.05, 0.1) is 6.10 Å². The normalized spacial score (nSPS) is 16.4. The molecular weight excluding hydrogens is 174 g/mol. The van der Waals surface area contributed by atoms with Gasteiger partial charge in [-0.15, -0.1) is 6.58 Å². The Labute approximate surface area is 88.5 Å². The van der Waals surface area contributed by atoms with Crippen LogP contribution in [-0.4, -0.2) is 19.3 Å². The van der Waals surface area contributed by atoms with Gasteiger partial charge in [-0.3, -0.25) is 0 Å². The van der Waals surface area contributed by atoms with E-state index in [-0.39, 0.29) is 17.6 Å². The third-order valence-electron chi connectivity index (χ3n) is 2.44. The van der Waals surface area contributed by atoms with E-state index in [1.807, 2.05) is 6.08 Å². The van der Waals surface area contributed by atoms with Crippen molar-refractivity contribution in [1.29, 1.82) is 0 Å². The maximum absolute atomic E-state index is 6.10. The summed E-state index contributed by atoms with van der Waals surface area (Å²) in [5.41, 5.74) is 6.21. The van der Waals surface area contributed by atoms with Crippen molar-refractivity contribution in [3.8, 4) is 0 Å². The minimum absolute atomic E-state index is 0.113. The Hall–Kier alpha value is -0.340. The van der Waals surface area contributed by atoms with E-state index in [0.717, 1.165) is 19.3 Å². The first-order chi connectivity index (χ1) is 6.43. The monoisotopic (exact) mass is 199 g/mol. The van der Waals surface area contributed by atoms with Crippen molar-refractivity contribution in [2.45, 2.75) is 52.2 Å². The van der Waals surface area contributed by atoms with Crippen LogP contribution in [-0.2, 0) is 4.74 Å². The van der Waals surface area contributed by atoms with E-state index in [1.165, 1.54) is 0 Å². The van der Waals surface area contributed by atoms with Crippen LogP contribution in [0.15, 0.2) is 12.7 Å². The second-order valence-electron chi connectivity index (χ2n) is 4.91. The lowest BCUT2D eigenvalue weighted by atomic mass is 9.83. The molecule has 0 saturated heterocycles. The zero-order valence-corrected chi connectivity index (χ0v) is 10.0. The molecule has 0 radical (unpaired) electrons. The molecule has 2 unspecified atom stereocenters. The topological polar surface area (TPSA) is 35.2 Å². The maximum atomic E-state index is 6.10. The van der Waals surface area contributed by atoms with E-state index < -0.39 is 0 Å².